The number of nitrogens with zero attached hydrogens (tertiary/aromatic N) is 2. The highest BCUT2D eigenvalue weighted by molar-refractivity contribution is 8.76. The molecule has 5 saturated carbocycles. The van der Waals surface area contributed by atoms with Crippen LogP contribution in [-0.4, -0.2) is 103 Å². The minimum absolute atomic E-state index is 0.00196. The number of carbonyl (C=O) groups excluding carboxylic acids is 4. The second-order valence-corrected chi connectivity index (χ2v) is 34.5. The van der Waals surface area contributed by atoms with E-state index in [1.807, 2.05) is 35.2 Å². The molecule has 21 atom stereocenters. The summed E-state index contributed by atoms with van der Waals surface area (Å²) in [6.45, 7) is 2.91. The number of esters is 2. The summed E-state index contributed by atoms with van der Waals surface area (Å²) in [6, 6.07) is 9.97. The van der Waals surface area contributed by atoms with Crippen molar-refractivity contribution in [2.45, 2.75) is 172 Å². The number of imidazole rings is 1. The van der Waals surface area contributed by atoms with Crippen LogP contribution in [-0.2, 0) is 41.5 Å². The topological polar surface area (TPSA) is 215 Å². The molecule has 7 N–H and O–H groups in total. The summed E-state index contributed by atoms with van der Waals surface area (Å²) < 4.78 is 14.0. The van der Waals surface area contributed by atoms with E-state index in [0.29, 0.717) is 67.2 Å². The first-order chi connectivity index (χ1) is 47.4. The van der Waals surface area contributed by atoms with Crippen LogP contribution in [0.4, 0.5) is 0 Å². The number of aromatic nitrogens is 2. The van der Waals surface area contributed by atoms with E-state index in [-0.39, 0.29) is 113 Å². The number of ether oxygens (including phenoxy) is 2. The summed E-state index contributed by atoms with van der Waals surface area (Å²) in [5.74, 6) is 9.06. The third-order valence-electron chi connectivity index (χ3n) is 27.6. The molecular weight excluding hydrogens is 1250 g/mol. The first-order valence-electron chi connectivity index (χ1n) is 37.4. The number of hydrogen-bond donors (Lipinski definition) is 7. The molecular formula is C80H96N6O9S2. The van der Waals surface area contributed by atoms with Crippen LogP contribution in [0.15, 0.2) is 136 Å². The molecule has 15 nitrogen and oxygen atoms in total. The maximum atomic E-state index is 16.1. The van der Waals surface area contributed by atoms with Gasteiger partial charge in [-0.05, 0) is 226 Å². The van der Waals surface area contributed by atoms with Gasteiger partial charge in [0.15, 0.2) is 0 Å². The number of benzene rings is 1. The van der Waals surface area contributed by atoms with Crippen molar-refractivity contribution in [3.63, 3.8) is 0 Å². The first-order valence-corrected chi connectivity index (χ1v) is 39.8. The minimum Gasteiger partial charge on any atom is -0.427 e. The number of imide groups is 1. The Hall–Kier alpha value is -5.87. The van der Waals surface area contributed by atoms with E-state index < -0.39 is 35.4 Å². The molecule has 21 unspecified atom stereocenters. The van der Waals surface area contributed by atoms with E-state index in [9.17, 15) is 24.9 Å². The fraction of sp³-hybridized carbons (Fsp3) is 0.613. The van der Waals surface area contributed by atoms with Crippen LogP contribution in [0.3, 0.4) is 0 Å². The van der Waals surface area contributed by atoms with Crippen molar-refractivity contribution in [1.29, 1.82) is 0 Å². The molecule has 2 amide bonds. The molecule has 6 heterocycles. The first kappa shape index (κ1) is 64.5. The number of allylic oxidation sites excluding steroid dienone is 7. The minimum atomic E-state index is -1.05. The third-order valence-corrected chi connectivity index (χ3v) is 30.1. The van der Waals surface area contributed by atoms with E-state index in [0.717, 1.165) is 148 Å². The van der Waals surface area contributed by atoms with Crippen LogP contribution >= 0.6 is 21.6 Å². The van der Waals surface area contributed by atoms with Gasteiger partial charge in [-0.1, -0.05) is 115 Å². The quantitative estimate of drug-likeness (QED) is 0.0327. The summed E-state index contributed by atoms with van der Waals surface area (Å²) in [6.07, 6.45) is 36.6. The lowest BCUT2D eigenvalue weighted by molar-refractivity contribution is -0.138. The Bertz CT molecular complexity index is 3780. The second-order valence-electron chi connectivity index (χ2n) is 32.0. The number of amides is 2. The normalized spacial score (nSPS) is 39.6. The molecule has 1 saturated heterocycles. The Morgan fingerprint density at radius 1 is 0.856 bits per heavy atom. The van der Waals surface area contributed by atoms with E-state index in [4.69, 9.17) is 9.47 Å². The summed E-state index contributed by atoms with van der Waals surface area (Å²) in [5.41, 5.74) is 6.80. The van der Waals surface area contributed by atoms with Gasteiger partial charge in [0, 0.05) is 84.6 Å². The number of aromatic amines is 1. The van der Waals surface area contributed by atoms with Gasteiger partial charge in [0.2, 0.25) is 0 Å². The zero-order chi connectivity index (χ0) is 65.8. The molecule has 2 aromatic rings. The number of hydrogen-bond acceptors (Lipinski definition) is 15. The number of aliphatic hydroxyl groups is 3. The number of H-pyrrole nitrogens is 1. The van der Waals surface area contributed by atoms with Crippen LogP contribution in [0, 0.1) is 117 Å². The molecule has 11 aliphatic carbocycles. The molecule has 18 rings (SSSR count). The fourth-order valence-electron chi connectivity index (χ4n) is 23.5. The lowest BCUT2D eigenvalue weighted by Gasteiger charge is -2.58. The Labute approximate surface area is 579 Å². The number of fused-ring (bicyclic) bond motifs is 5. The van der Waals surface area contributed by atoms with E-state index >= 15 is 9.59 Å². The molecule has 6 fully saturated rings. The van der Waals surface area contributed by atoms with Gasteiger partial charge in [0.05, 0.1) is 46.6 Å². The SMILES string of the molecule is CCC1(C2=C3OC(=O)C4=C3C(CC2)CC2C3CCC5(C6=CCC(C7C8C=CC9C#CC(C(O)Cc%10ccccc%10)CC(CO)CC(C8)CC97)C(NC7CCC8CCCC(Cc9cnc[nH]9)C8C7O)SSCNC7=CC(=CCN7)C(CN7C(=O)C=CC7=O)C3=C5C(=O)O6)C42)CCCC1. The molecule has 512 valence electrons. The smallest absolute Gasteiger partial charge is 0.340 e. The Morgan fingerprint density at radius 2 is 1.71 bits per heavy atom. The van der Waals surface area contributed by atoms with Gasteiger partial charge >= 0.3 is 11.9 Å². The standard InChI is InChI=1S/C80H96N6O9S2/c1-2-79(27-6-7-28-79)60-20-17-53-37-58-55-25-29-80(72(58)71-69(53)75(60)95-77(71)92)63-22-19-56(68-52-16-14-47-13-15-50(62(88)35-44-9-4-3-5-10-44)33-46(41-87)31-45(32-52)34-57(47)68)76(85-61-21-18-48-11-8-12-51(67(48)74(61)91)36-54-39-81-42-83-54)97-96-43-84-64-38-49(26-30-82-64)59(70(55)73(80)78(93)94-63)40-86-65(89)23-24-66(86)90/h3-5,9-10,14,16,22-24,26,38-39,42,45-48,50-53,55-59,61-62,67-68,72,74,76,82,84-85,87-88,91H,2,6-8,11-12,17-21,25,27-37,40-41,43H2,1H3,(H,81,83). The number of carbonyl (C=O) groups is 4. The van der Waals surface area contributed by atoms with Gasteiger partial charge < -0.3 is 40.4 Å². The Kier molecular flexibility index (Phi) is 17.5. The van der Waals surface area contributed by atoms with Crippen LogP contribution in [0.2, 0.25) is 0 Å². The molecule has 1 aromatic heterocycles. The molecule has 1 aromatic carbocycles. The van der Waals surface area contributed by atoms with Gasteiger partial charge in [-0.2, -0.15) is 0 Å². The molecule has 5 aliphatic heterocycles. The fourth-order valence-corrected chi connectivity index (χ4v) is 26.0. The summed E-state index contributed by atoms with van der Waals surface area (Å²) in [4.78, 5) is 68.7. The zero-order valence-corrected chi connectivity index (χ0v) is 57.6. The molecule has 10 bridgehead atoms. The molecule has 0 radical (unpaired) electrons. The number of dihydropyridines is 1. The molecule has 16 aliphatic rings. The Balaban J connectivity index is 0.827. The lowest BCUT2D eigenvalue weighted by Crippen LogP contribution is -2.57. The van der Waals surface area contributed by atoms with Crippen molar-refractivity contribution in [3.05, 3.63) is 147 Å². The number of nitrogens with one attached hydrogen (secondary N) is 4. The van der Waals surface area contributed by atoms with Crippen molar-refractivity contribution in [2.75, 3.05) is 25.6 Å². The summed E-state index contributed by atoms with van der Waals surface area (Å²) in [7, 11) is 3.61. The second kappa shape index (κ2) is 26.3. The van der Waals surface area contributed by atoms with Crippen molar-refractivity contribution in [3.8, 4) is 11.8 Å². The number of rotatable bonds is 13. The van der Waals surface area contributed by atoms with Gasteiger partial charge in [-0.15, -0.1) is 0 Å². The zero-order valence-electron chi connectivity index (χ0n) is 56.0. The third kappa shape index (κ3) is 11.2. The Morgan fingerprint density at radius 3 is 2.53 bits per heavy atom. The average Bonchev–Trinajstić information content (AvgIpc) is 1.65. The van der Waals surface area contributed by atoms with Crippen LogP contribution < -0.4 is 16.0 Å². The average molecular weight is 1350 g/mol. The lowest BCUT2D eigenvalue weighted by atomic mass is 9.42. The highest BCUT2D eigenvalue weighted by Crippen LogP contribution is 2.74. The maximum Gasteiger partial charge on any atom is 0.340 e. The van der Waals surface area contributed by atoms with Gasteiger partial charge in [-0.25, -0.2) is 14.6 Å². The largest absolute Gasteiger partial charge is 0.427 e. The van der Waals surface area contributed by atoms with Crippen LogP contribution in [0.25, 0.3) is 0 Å². The number of aliphatic hydroxyl groups excluding tert-OH is 3. The molecule has 1 spiro atoms. The predicted octanol–water partition coefficient (Wildman–Crippen LogP) is 11.6. The van der Waals surface area contributed by atoms with Crippen molar-refractivity contribution < 1.29 is 44.0 Å². The molecule has 97 heavy (non-hydrogen) atoms. The summed E-state index contributed by atoms with van der Waals surface area (Å²) in [5, 5.41) is 48.2. The highest BCUT2D eigenvalue weighted by Gasteiger charge is 2.70. The van der Waals surface area contributed by atoms with Crippen molar-refractivity contribution in [2.24, 2.45) is 106 Å². The predicted molar refractivity (Wildman–Crippen MR) is 372 cm³/mol. The van der Waals surface area contributed by atoms with E-state index in [2.05, 4.69) is 87.2 Å². The highest BCUT2D eigenvalue weighted by atomic mass is 33.1. The molecule has 17 heteroatoms. The van der Waals surface area contributed by atoms with E-state index in [1.54, 1.807) is 17.1 Å². The van der Waals surface area contributed by atoms with Crippen LogP contribution in [0.5, 0.6) is 0 Å². The van der Waals surface area contributed by atoms with Gasteiger partial charge in [-0.3, -0.25) is 19.8 Å². The van der Waals surface area contributed by atoms with E-state index in [1.165, 1.54) is 35.5 Å². The van der Waals surface area contributed by atoms with Gasteiger partial charge in [0.25, 0.3) is 11.8 Å². The van der Waals surface area contributed by atoms with Crippen molar-refractivity contribution in [1.82, 2.24) is 30.8 Å². The summed E-state index contributed by atoms with van der Waals surface area (Å²) >= 11 is 0. The van der Waals surface area contributed by atoms with Crippen LogP contribution in [0.1, 0.15) is 147 Å². The van der Waals surface area contributed by atoms with Gasteiger partial charge in [0.1, 0.15) is 11.5 Å². The van der Waals surface area contributed by atoms with Crippen molar-refractivity contribution >= 4 is 45.3 Å². The monoisotopic (exact) mass is 1350 g/mol. The maximum absolute atomic E-state index is 16.1.